The summed E-state index contributed by atoms with van der Waals surface area (Å²) in [6.45, 7) is 8.09. The van der Waals surface area contributed by atoms with Crippen molar-refractivity contribution >= 4 is 109 Å². The number of fused-ring (bicyclic) bond motifs is 8. The van der Waals surface area contributed by atoms with Crippen LogP contribution in [0.15, 0.2) is 240 Å². The second-order valence-corrected chi connectivity index (χ2v) is 30.1. The lowest BCUT2D eigenvalue weighted by Gasteiger charge is -2.05. The van der Waals surface area contributed by atoms with E-state index >= 15 is 0 Å². The summed E-state index contributed by atoms with van der Waals surface area (Å²) in [7, 11) is -9.05. The summed E-state index contributed by atoms with van der Waals surface area (Å²) in [5, 5.41) is 0. The van der Waals surface area contributed by atoms with E-state index in [2.05, 4.69) is 106 Å². The van der Waals surface area contributed by atoms with Gasteiger partial charge in [0.1, 0.15) is 46.6 Å². The standard InChI is InChI=1S/2C42H30N8O3S.CH4/c1-22-3-11-31-35(15-22)47-39(43-31)24-5-7-25(8-6-24)40-44-33-13-9-26(20-37(33)49-40)27-10-14-34-38(21-27)50-42(46-34)29-17-28(18-30(19-29)54(51,52)53)41-45-32-12-4-23(2)16-36(32)48-41;1-22-6-10-31-35(14-22)47-39(43-31)26-4-3-5-27(16-26)40-44-33-12-8-24(20-37(33)49-40)25-9-13-34-38(21-25)50-42(46-34)29-17-28(18-30(19-29)54(51,52)53)41-45-32-11-7-23(2)15-36(32)48-41;/h2*3-21H,1-2H3,(H,43,47)(H,44,49)(H,45,48)(H,46,50)(H,51,52,53);1H4. The van der Waals surface area contributed by atoms with E-state index in [9.17, 15) is 25.9 Å². The van der Waals surface area contributed by atoms with Crippen molar-refractivity contribution < 1.29 is 25.9 Å². The van der Waals surface area contributed by atoms with Gasteiger partial charge in [0, 0.05) is 44.5 Å². The van der Waals surface area contributed by atoms with Gasteiger partial charge in [-0.2, -0.15) is 16.8 Å². The molecule has 22 nitrogen and oxygen atoms in total. The van der Waals surface area contributed by atoms with E-state index in [1.165, 1.54) is 35.4 Å². The number of H-pyrrole nitrogens is 8. The molecule has 0 aliphatic rings. The largest absolute Gasteiger partial charge is 0.338 e. The average molecular weight is 1470 g/mol. The lowest BCUT2D eigenvalue weighted by Crippen LogP contribution is -1.99. The lowest BCUT2D eigenvalue weighted by molar-refractivity contribution is 0.481. The molecule has 0 amide bonds. The molecule has 24 heteroatoms. The van der Waals surface area contributed by atoms with Crippen molar-refractivity contribution in [2.24, 2.45) is 0 Å². The molecule has 532 valence electrons. The molecule has 0 aliphatic carbocycles. The molecule has 8 heterocycles. The van der Waals surface area contributed by atoms with Crippen molar-refractivity contribution in [3.63, 3.8) is 0 Å². The van der Waals surface area contributed by atoms with Gasteiger partial charge < -0.3 is 39.9 Å². The van der Waals surface area contributed by atoms with E-state index in [1.54, 1.807) is 12.1 Å². The Balaban J connectivity index is 0.000000152. The third-order valence-corrected chi connectivity index (χ3v) is 21.2. The quantitative estimate of drug-likeness (QED) is 0.0509. The highest BCUT2D eigenvalue weighted by Gasteiger charge is 2.22. The lowest BCUT2D eigenvalue weighted by atomic mass is 10.0. The Labute approximate surface area is 621 Å². The summed E-state index contributed by atoms with van der Waals surface area (Å²) in [6.07, 6.45) is 0. The van der Waals surface area contributed by atoms with Crippen LogP contribution >= 0.6 is 0 Å². The maximum Gasteiger partial charge on any atom is 0.294 e. The van der Waals surface area contributed by atoms with Crippen LogP contribution in [-0.4, -0.2) is 106 Å². The summed E-state index contributed by atoms with van der Waals surface area (Å²) in [6, 6.07) is 73.8. The molecule has 0 radical (unpaired) electrons. The van der Waals surface area contributed by atoms with Gasteiger partial charge in [0.25, 0.3) is 20.2 Å². The molecule has 0 saturated heterocycles. The first kappa shape index (κ1) is 67.1. The van der Waals surface area contributed by atoms with Gasteiger partial charge in [-0.3, -0.25) is 9.11 Å². The van der Waals surface area contributed by atoms with Crippen LogP contribution in [0.4, 0.5) is 0 Å². The van der Waals surface area contributed by atoms with Crippen LogP contribution in [0, 0.1) is 27.7 Å². The van der Waals surface area contributed by atoms with Crippen LogP contribution in [0.1, 0.15) is 29.7 Å². The number of aromatic amines is 8. The first-order valence-corrected chi connectivity index (χ1v) is 37.4. The highest BCUT2D eigenvalue weighted by atomic mass is 32.2. The third-order valence-electron chi connectivity index (χ3n) is 19.5. The summed E-state index contributed by atoms with van der Waals surface area (Å²) < 4.78 is 69.5. The van der Waals surface area contributed by atoms with Crippen molar-refractivity contribution in [2.45, 2.75) is 44.9 Å². The Bertz CT molecular complexity index is 7340. The fraction of sp³-hybridized carbons (Fsp3) is 0.0588. The number of imidazole rings is 8. The molecule has 0 bridgehead atoms. The number of aromatic nitrogens is 16. The minimum atomic E-state index is -4.53. The zero-order valence-electron chi connectivity index (χ0n) is 57.9. The summed E-state index contributed by atoms with van der Waals surface area (Å²) in [5.41, 5.74) is 27.6. The topological polar surface area (TPSA) is 338 Å². The average Bonchev–Trinajstić information content (AvgIpc) is 1.65. The third kappa shape index (κ3) is 12.8. The fourth-order valence-corrected chi connectivity index (χ4v) is 15.0. The predicted molar refractivity (Wildman–Crippen MR) is 430 cm³/mol. The SMILES string of the molecule is C.Cc1ccc2[nH]c(-c3ccc(-c4nc5cc(-c6ccc7[nH]c(-c8cc(-c9nc%10cc(C)ccc%10[nH]9)cc(S(=O)(=O)O)c8)nc7c6)ccc5[nH]4)cc3)nc2c1.Cc1ccc2[nH]c(-c3cccc(-c4nc5cc(-c6ccc7[nH]c(-c8cc(-c9nc%10cc(C)ccc%10[nH]9)cc(S(=O)(=O)O)c8)nc7c6)ccc5[nH]4)c3)nc2c1. The van der Waals surface area contributed by atoms with Crippen molar-refractivity contribution in [2.75, 3.05) is 0 Å². The van der Waals surface area contributed by atoms with E-state index in [0.717, 1.165) is 156 Å². The molecule has 0 unspecified atom stereocenters. The first-order chi connectivity index (χ1) is 52.2. The molecule has 0 spiro atoms. The number of rotatable bonds is 12. The summed E-state index contributed by atoms with van der Waals surface area (Å²) in [4.78, 5) is 64.9. The van der Waals surface area contributed by atoms with E-state index in [-0.39, 0.29) is 17.2 Å². The molecular formula is C85H64N16O6S2. The Morgan fingerprint density at radius 1 is 0.220 bits per heavy atom. The van der Waals surface area contributed by atoms with Crippen LogP contribution in [-0.2, 0) is 20.2 Å². The Hall–Kier alpha value is -13.8. The maximum atomic E-state index is 12.4. The number of nitrogens with zero attached hydrogens (tertiary/aromatic N) is 8. The van der Waals surface area contributed by atoms with E-state index in [4.69, 9.17) is 29.9 Å². The van der Waals surface area contributed by atoms with Gasteiger partial charge in [0.2, 0.25) is 0 Å². The monoisotopic (exact) mass is 1470 g/mol. The molecule has 0 fully saturated rings. The molecule has 0 saturated carbocycles. The zero-order chi connectivity index (χ0) is 73.4. The predicted octanol–water partition coefficient (Wildman–Crippen LogP) is 19.4. The van der Waals surface area contributed by atoms with E-state index in [0.29, 0.717) is 56.6 Å². The summed E-state index contributed by atoms with van der Waals surface area (Å²) >= 11 is 0. The normalized spacial score (nSPS) is 12.0. The Kier molecular flexibility index (Phi) is 15.9. The molecule has 0 atom stereocenters. The highest BCUT2D eigenvalue weighted by molar-refractivity contribution is 7.86. The molecule has 20 aromatic rings. The molecule has 12 aromatic carbocycles. The highest BCUT2D eigenvalue weighted by Crippen LogP contribution is 2.37. The molecule has 109 heavy (non-hydrogen) atoms. The minimum Gasteiger partial charge on any atom is -0.338 e. The maximum absolute atomic E-state index is 12.4. The second kappa shape index (κ2) is 25.8. The van der Waals surface area contributed by atoms with Gasteiger partial charge in [-0.05, 0) is 212 Å². The van der Waals surface area contributed by atoms with Crippen LogP contribution in [0.3, 0.4) is 0 Å². The van der Waals surface area contributed by atoms with Crippen LogP contribution in [0.5, 0.6) is 0 Å². The van der Waals surface area contributed by atoms with Crippen LogP contribution < -0.4 is 0 Å². The Morgan fingerprint density at radius 3 is 0.651 bits per heavy atom. The molecule has 8 aromatic heterocycles. The van der Waals surface area contributed by atoms with E-state index in [1.807, 2.05) is 166 Å². The zero-order valence-corrected chi connectivity index (χ0v) is 59.5. The van der Waals surface area contributed by atoms with Gasteiger partial charge in [-0.1, -0.05) is 98.4 Å². The molecule has 20 rings (SSSR count). The van der Waals surface area contributed by atoms with E-state index < -0.39 is 20.2 Å². The van der Waals surface area contributed by atoms with Crippen molar-refractivity contribution in [3.05, 3.63) is 253 Å². The van der Waals surface area contributed by atoms with Gasteiger partial charge in [-0.25, -0.2) is 39.9 Å². The van der Waals surface area contributed by atoms with Gasteiger partial charge in [0.15, 0.2) is 0 Å². The number of nitrogens with one attached hydrogen (secondary N) is 8. The molecule has 10 N–H and O–H groups in total. The number of aryl methyl sites for hydroxylation is 4. The Morgan fingerprint density at radius 2 is 0.413 bits per heavy atom. The first-order valence-electron chi connectivity index (χ1n) is 34.5. The van der Waals surface area contributed by atoms with Gasteiger partial charge in [0.05, 0.1) is 98.1 Å². The fourth-order valence-electron chi connectivity index (χ4n) is 13.9. The molecular weight excluding hydrogens is 1410 g/mol. The van der Waals surface area contributed by atoms with Crippen molar-refractivity contribution in [3.8, 4) is 113 Å². The number of benzene rings is 12. The van der Waals surface area contributed by atoms with Crippen molar-refractivity contribution in [1.29, 1.82) is 0 Å². The minimum absolute atomic E-state index is 0. The van der Waals surface area contributed by atoms with Crippen molar-refractivity contribution in [1.82, 2.24) is 79.7 Å². The molecule has 0 aliphatic heterocycles. The van der Waals surface area contributed by atoms with Gasteiger partial charge >= 0.3 is 0 Å². The van der Waals surface area contributed by atoms with Gasteiger partial charge in [-0.15, -0.1) is 0 Å². The number of hydrogen-bond donors (Lipinski definition) is 10. The number of hydrogen-bond acceptors (Lipinski definition) is 12. The summed E-state index contributed by atoms with van der Waals surface area (Å²) in [5.74, 6) is 5.02. The second-order valence-electron chi connectivity index (χ2n) is 27.3. The van der Waals surface area contributed by atoms with Crippen LogP contribution in [0.25, 0.3) is 202 Å². The smallest absolute Gasteiger partial charge is 0.294 e. The van der Waals surface area contributed by atoms with Crippen LogP contribution in [0.2, 0.25) is 0 Å².